The van der Waals surface area contributed by atoms with Gasteiger partial charge in [0.1, 0.15) is 5.82 Å². The summed E-state index contributed by atoms with van der Waals surface area (Å²) in [6.45, 7) is 0. The van der Waals surface area contributed by atoms with Crippen molar-refractivity contribution in [2.45, 2.75) is 0 Å². The Kier molecular flexibility index (Phi) is 4.81. The number of aromatic nitrogens is 2. The van der Waals surface area contributed by atoms with Crippen molar-refractivity contribution in [2.24, 2.45) is 5.10 Å². The van der Waals surface area contributed by atoms with Crippen molar-refractivity contribution in [2.75, 3.05) is 12.1 Å². The summed E-state index contributed by atoms with van der Waals surface area (Å²) >= 11 is 5.96. The van der Waals surface area contributed by atoms with E-state index in [0.717, 1.165) is 5.56 Å². The quantitative estimate of drug-likeness (QED) is 0.578. The van der Waals surface area contributed by atoms with Crippen LogP contribution in [0.5, 0.6) is 0 Å². The summed E-state index contributed by atoms with van der Waals surface area (Å²) in [7, 11) is 1.66. The molecule has 2 aromatic carbocycles. The number of nitrogens with one attached hydrogen (secondary N) is 1. The Bertz CT molecular complexity index is 1020. The third kappa shape index (κ3) is 3.87. The molecule has 25 heavy (non-hydrogen) atoms. The molecule has 0 saturated carbocycles. The lowest BCUT2D eigenvalue weighted by atomic mass is 10.2. The van der Waals surface area contributed by atoms with E-state index in [4.69, 9.17) is 11.6 Å². The van der Waals surface area contributed by atoms with E-state index < -0.39 is 11.2 Å². The fourth-order valence-electron chi connectivity index (χ4n) is 2.35. The highest BCUT2D eigenvalue weighted by Gasteiger charge is 2.11. The predicted molar refractivity (Wildman–Crippen MR) is 100 cm³/mol. The first kappa shape index (κ1) is 16.7. The smallest absolute Gasteiger partial charge is 0.274 e. The van der Waals surface area contributed by atoms with Gasteiger partial charge in [-0.05, 0) is 29.8 Å². The molecular formula is C18H15ClN4O2. The molecule has 126 valence electrons. The largest absolute Gasteiger partial charge is 0.334 e. The zero-order chi connectivity index (χ0) is 17.8. The molecule has 0 aliphatic carbocycles. The van der Waals surface area contributed by atoms with Gasteiger partial charge in [-0.25, -0.2) is 9.36 Å². The van der Waals surface area contributed by atoms with E-state index in [1.807, 2.05) is 30.3 Å². The third-order valence-corrected chi connectivity index (χ3v) is 3.73. The molecule has 3 aromatic rings. The lowest BCUT2D eigenvalue weighted by Crippen LogP contribution is -2.32. The maximum Gasteiger partial charge on any atom is 0.334 e. The Morgan fingerprint density at radius 2 is 1.84 bits per heavy atom. The Labute approximate surface area is 148 Å². The van der Waals surface area contributed by atoms with Crippen molar-refractivity contribution in [1.29, 1.82) is 0 Å². The Morgan fingerprint density at radius 3 is 2.56 bits per heavy atom. The third-order valence-electron chi connectivity index (χ3n) is 3.50. The second-order valence-corrected chi connectivity index (χ2v) is 5.73. The van der Waals surface area contributed by atoms with Gasteiger partial charge in [0.25, 0.3) is 5.56 Å². The zero-order valence-electron chi connectivity index (χ0n) is 13.4. The summed E-state index contributed by atoms with van der Waals surface area (Å²) in [5.74, 6) is 0.346. The van der Waals surface area contributed by atoms with Crippen LogP contribution in [0.1, 0.15) is 5.56 Å². The monoisotopic (exact) mass is 354 g/mol. The van der Waals surface area contributed by atoms with Crippen LogP contribution in [-0.2, 0) is 0 Å². The standard InChI is InChI=1S/C18H15ClN4O2/c1-22(20-12-13-6-5-7-14(19)10-13)17-11-16(24)21-18(25)23(17)15-8-3-2-4-9-15/h2-12H,1H3,(H,21,24,25)/b20-12+. The van der Waals surface area contributed by atoms with Gasteiger partial charge in [-0.3, -0.25) is 14.8 Å². The molecule has 7 heteroatoms. The summed E-state index contributed by atoms with van der Waals surface area (Å²) in [4.78, 5) is 26.3. The van der Waals surface area contributed by atoms with Crippen LogP contribution >= 0.6 is 11.6 Å². The molecule has 0 unspecified atom stereocenters. The average Bonchev–Trinajstić information content (AvgIpc) is 2.60. The van der Waals surface area contributed by atoms with Crippen LogP contribution in [0.3, 0.4) is 0 Å². The molecule has 0 saturated heterocycles. The number of para-hydroxylation sites is 1. The van der Waals surface area contributed by atoms with Gasteiger partial charge in [0.05, 0.1) is 11.9 Å². The van der Waals surface area contributed by atoms with Crippen molar-refractivity contribution >= 4 is 23.6 Å². The van der Waals surface area contributed by atoms with Crippen LogP contribution in [0, 0.1) is 0 Å². The number of H-pyrrole nitrogens is 1. The van der Waals surface area contributed by atoms with E-state index in [1.54, 1.807) is 37.5 Å². The highest BCUT2D eigenvalue weighted by molar-refractivity contribution is 6.30. The lowest BCUT2D eigenvalue weighted by Gasteiger charge is -2.18. The van der Waals surface area contributed by atoms with Crippen LogP contribution < -0.4 is 16.3 Å². The first-order chi connectivity index (χ1) is 12.0. The summed E-state index contributed by atoms with van der Waals surface area (Å²) in [6, 6.07) is 17.5. The van der Waals surface area contributed by atoms with Gasteiger partial charge in [0, 0.05) is 18.1 Å². The lowest BCUT2D eigenvalue weighted by molar-refractivity contribution is 0.842. The topological polar surface area (TPSA) is 70.5 Å². The fourth-order valence-corrected chi connectivity index (χ4v) is 2.55. The highest BCUT2D eigenvalue weighted by Crippen LogP contribution is 2.15. The fraction of sp³-hybridized carbons (Fsp3) is 0.0556. The number of hydrogen-bond acceptors (Lipinski definition) is 4. The second kappa shape index (κ2) is 7.19. The van der Waals surface area contributed by atoms with E-state index in [-0.39, 0.29) is 0 Å². The van der Waals surface area contributed by atoms with Gasteiger partial charge in [-0.2, -0.15) is 5.10 Å². The first-order valence-electron chi connectivity index (χ1n) is 7.50. The number of hydrazone groups is 1. The molecule has 0 aliphatic rings. The maximum atomic E-state index is 12.3. The van der Waals surface area contributed by atoms with Gasteiger partial charge in [0.2, 0.25) is 0 Å². The van der Waals surface area contributed by atoms with Crippen molar-refractivity contribution in [3.63, 3.8) is 0 Å². The predicted octanol–water partition coefficient (Wildman–Crippen LogP) is 2.65. The highest BCUT2D eigenvalue weighted by atomic mass is 35.5. The first-order valence-corrected chi connectivity index (χ1v) is 7.87. The number of rotatable bonds is 4. The van der Waals surface area contributed by atoms with Crippen molar-refractivity contribution in [1.82, 2.24) is 9.55 Å². The molecule has 6 nitrogen and oxygen atoms in total. The molecular weight excluding hydrogens is 340 g/mol. The van der Waals surface area contributed by atoms with E-state index in [9.17, 15) is 9.59 Å². The number of nitrogens with zero attached hydrogens (tertiary/aromatic N) is 3. The Hall–Kier alpha value is -3.12. The molecule has 1 N–H and O–H groups in total. The van der Waals surface area contributed by atoms with Crippen molar-refractivity contribution in [3.8, 4) is 5.69 Å². The van der Waals surface area contributed by atoms with E-state index in [1.165, 1.54) is 15.6 Å². The van der Waals surface area contributed by atoms with E-state index in [2.05, 4.69) is 10.1 Å². The van der Waals surface area contributed by atoms with Crippen LogP contribution in [-0.4, -0.2) is 22.8 Å². The molecule has 1 heterocycles. The Morgan fingerprint density at radius 1 is 1.08 bits per heavy atom. The molecule has 0 aliphatic heterocycles. The summed E-state index contributed by atoms with van der Waals surface area (Å²) < 4.78 is 1.39. The molecule has 0 bridgehead atoms. The summed E-state index contributed by atoms with van der Waals surface area (Å²) in [5.41, 5.74) is 0.414. The van der Waals surface area contributed by atoms with Crippen LogP contribution in [0.15, 0.2) is 75.4 Å². The normalized spacial score (nSPS) is 11.0. The van der Waals surface area contributed by atoms with Gasteiger partial charge in [-0.1, -0.05) is 41.9 Å². The Balaban J connectivity index is 2.04. The minimum Gasteiger partial charge on any atom is -0.274 e. The minimum atomic E-state index is -0.529. The molecule has 0 amide bonds. The number of halogens is 1. The maximum absolute atomic E-state index is 12.3. The van der Waals surface area contributed by atoms with Gasteiger partial charge < -0.3 is 0 Å². The van der Waals surface area contributed by atoms with Crippen LogP contribution in [0.4, 0.5) is 5.82 Å². The SMILES string of the molecule is CN(/N=C/c1cccc(Cl)c1)c1cc(=O)[nH]c(=O)n1-c1ccccc1. The number of anilines is 1. The molecule has 0 fully saturated rings. The summed E-state index contributed by atoms with van der Waals surface area (Å²) in [6.07, 6.45) is 1.60. The van der Waals surface area contributed by atoms with E-state index >= 15 is 0 Å². The summed E-state index contributed by atoms with van der Waals surface area (Å²) in [5, 5.41) is 6.38. The van der Waals surface area contributed by atoms with Crippen molar-refractivity contribution < 1.29 is 0 Å². The number of hydrogen-bond donors (Lipinski definition) is 1. The van der Waals surface area contributed by atoms with Gasteiger partial charge in [0.15, 0.2) is 0 Å². The number of aromatic amines is 1. The van der Waals surface area contributed by atoms with Gasteiger partial charge >= 0.3 is 5.69 Å². The second-order valence-electron chi connectivity index (χ2n) is 5.29. The molecule has 1 aromatic heterocycles. The molecule has 3 rings (SSSR count). The minimum absolute atomic E-state index is 0.346. The van der Waals surface area contributed by atoms with Crippen LogP contribution in [0.2, 0.25) is 5.02 Å². The zero-order valence-corrected chi connectivity index (χ0v) is 14.1. The molecule has 0 atom stereocenters. The molecule has 0 radical (unpaired) electrons. The number of benzene rings is 2. The van der Waals surface area contributed by atoms with Gasteiger partial charge in [-0.15, -0.1) is 0 Å². The van der Waals surface area contributed by atoms with Crippen LogP contribution in [0.25, 0.3) is 5.69 Å². The van der Waals surface area contributed by atoms with E-state index in [0.29, 0.717) is 16.5 Å². The molecule has 0 spiro atoms. The van der Waals surface area contributed by atoms with Crippen molar-refractivity contribution in [3.05, 3.63) is 92.1 Å². The average molecular weight is 355 g/mol.